The Morgan fingerprint density at radius 3 is 1.19 bits per heavy atom. The fraction of sp³-hybridized carbons (Fsp3) is 0.500. The molecule has 0 aliphatic heterocycles. The Morgan fingerprint density at radius 2 is 1.12 bits per heavy atom. The van der Waals surface area contributed by atoms with Gasteiger partial charge in [-0.25, -0.2) is 4.39 Å². The highest BCUT2D eigenvalue weighted by Gasteiger charge is 2.73. The van der Waals surface area contributed by atoms with E-state index < -0.39 is 24.7 Å². The van der Waals surface area contributed by atoms with Gasteiger partial charge in [-0.15, -0.1) is 0 Å². The summed E-state index contributed by atoms with van der Waals surface area (Å²) in [5.74, 6) is -12.0. The van der Waals surface area contributed by atoms with Crippen molar-refractivity contribution >= 4 is 0 Å². The summed E-state index contributed by atoms with van der Waals surface area (Å²) >= 11 is 0. The van der Waals surface area contributed by atoms with Gasteiger partial charge in [0.05, 0.1) is 0 Å². The van der Waals surface area contributed by atoms with E-state index in [0.29, 0.717) is 0 Å². The van der Waals surface area contributed by atoms with E-state index in [2.05, 4.69) is 13.2 Å². The van der Waals surface area contributed by atoms with E-state index in [1.807, 2.05) is 0 Å². The summed E-state index contributed by atoms with van der Waals surface area (Å²) in [6, 6.07) is 0. The highest BCUT2D eigenvalue weighted by Crippen LogP contribution is 2.46. The Labute approximate surface area is 86.2 Å². The van der Waals surface area contributed by atoms with E-state index in [-0.39, 0.29) is 0 Å². The quantitative estimate of drug-likeness (QED) is 0.525. The molecule has 16 heavy (non-hydrogen) atoms. The zero-order chi connectivity index (χ0) is 13.6. The van der Waals surface area contributed by atoms with Crippen LogP contribution < -0.4 is 0 Å². The minimum absolute atomic E-state index is 1.64. The normalized spacial score (nSPS) is 12.5. The van der Waals surface area contributed by atoms with Crippen molar-refractivity contribution in [3.05, 3.63) is 25.3 Å². The lowest BCUT2D eigenvalue weighted by atomic mass is 10.2. The molecule has 0 unspecified atom stereocenters. The van der Waals surface area contributed by atoms with Gasteiger partial charge in [-0.05, 0) is 0 Å². The van der Waals surface area contributed by atoms with Gasteiger partial charge in [-0.3, -0.25) is 0 Å². The lowest BCUT2D eigenvalue weighted by molar-refractivity contribution is -0.356. The predicted octanol–water partition coefficient (Wildman–Crippen LogP) is 4.15. The predicted molar refractivity (Wildman–Crippen MR) is 42.3 cm³/mol. The van der Waals surface area contributed by atoms with Crippen LogP contribution in [0.4, 0.5) is 35.1 Å². The summed E-state index contributed by atoms with van der Waals surface area (Å²) in [6.45, 7) is 3.67. The van der Waals surface area contributed by atoms with Crippen LogP contribution in [0.15, 0.2) is 25.3 Å². The Hall–Kier alpha value is -1.08. The molecule has 0 heterocycles. The molecule has 0 nitrogen and oxygen atoms in total. The molecule has 0 rings (SSSR count). The van der Waals surface area contributed by atoms with Gasteiger partial charge in [0.2, 0.25) is 0 Å². The van der Waals surface area contributed by atoms with E-state index in [4.69, 9.17) is 0 Å². The van der Waals surface area contributed by atoms with Gasteiger partial charge in [0.25, 0.3) is 0 Å². The largest absolute Gasteiger partial charge is 0.459 e. The molecular weight excluding hydrogens is 248 g/mol. The first kappa shape index (κ1) is 17.3. The van der Waals surface area contributed by atoms with Crippen molar-refractivity contribution in [1.29, 1.82) is 0 Å². The van der Waals surface area contributed by atoms with Gasteiger partial charge in [-0.2, -0.15) is 30.7 Å². The third-order valence-electron chi connectivity index (χ3n) is 1.15. The topological polar surface area (TPSA) is 0 Å². The highest BCUT2D eigenvalue weighted by atomic mass is 19.4. The fourth-order valence-electron chi connectivity index (χ4n) is 0.291. The third kappa shape index (κ3) is 4.19. The smallest absolute Gasteiger partial charge is 0.244 e. The first-order valence-electron chi connectivity index (χ1n) is 3.59. The Morgan fingerprint density at radius 1 is 0.812 bits per heavy atom. The molecule has 0 spiro atoms. The standard InChI is InChI=1S/C4H2F8.C4H6/c5-1-2(6,7)3(8,9)4(10,11)12;1-3-4-2/h1H2;3-4H,1-2H2. The summed E-state index contributed by atoms with van der Waals surface area (Å²) in [5.41, 5.74) is 0. The van der Waals surface area contributed by atoms with Crippen molar-refractivity contribution < 1.29 is 35.1 Å². The van der Waals surface area contributed by atoms with Gasteiger partial charge in [-0.1, -0.05) is 25.3 Å². The molecule has 8 heteroatoms. The second-order valence-electron chi connectivity index (χ2n) is 2.38. The lowest BCUT2D eigenvalue weighted by Gasteiger charge is -2.25. The highest BCUT2D eigenvalue weighted by molar-refractivity contribution is 4.90. The number of rotatable bonds is 3. The minimum Gasteiger partial charge on any atom is -0.244 e. The Bertz CT molecular complexity index is 221. The summed E-state index contributed by atoms with van der Waals surface area (Å²) in [7, 11) is 0. The van der Waals surface area contributed by atoms with Crippen molar-refractivity contribution in [3.63, 3.8) is 0 Å². The molecule has 0 aliphatic carbocycles. The summed E-state index contributed by atoms with van der Waals surface area (Å²) < 4.78 is 90.8. The van der Waals surface area contributed by atoms with E-state index in [9.17, 15) is 35.1 Å². The molecule has 0 aromatic carbocycles. The number of hydrogen-bond acceptors (Lipinski definition) is 0. The monoisotopic (exact) mass is 256 g/mol. The average Bonchev–Trinajstić information content (AvgIpc) is 2.16. The van der Waals surface area contributed by atoms with Crippen LogP contribution in [-0.2, 0) is 0 Å². The van der Waals surface area contributed by atoms with Gasteiger partial charge in [0.15, 0.2) is 6.67 Å². The molecule has 0 amide bonds. The summed E-state index contributed by atoms with van der Waals surface area (Å²) in [6.07, 6.45) is -3.16. The van der Waals surface area contributed by atoms with Crippen LogP contribution in [0.5, 0.6) is 0 Å². The van der Waals surface area contributed by atoms with Crippen LogP contribution in [0.1, 0.15) is 0 Å². The number of hydrogen-bond donors (Lipinski definition) is 0. The van der Waals surface area contributed by atoms with Crippen LogP contribution in [0.25, 0.3) is 0 Å². The zero-order valence-electron chi connectivity index (χ0n) is 7.80. The maximum absolute atomic E-state index is 11.6. The second-order valence-corrected chi connectivity index (χ2v) is 2.38. The number of alkyl halides is 8. The molecule has 0 atom stereocenters. The molecule has 0 aromatic rings. The van der Waals surface area contributed by atoms with Crippen LogP contribution in [-0.4, -0.2) is 24.7 Å². The Kier molecular flexibility index (Phi) is 6.34. The van der Waals surface area contributed by atoms with Crippen LogP contribution in [0.3, 0.4) is 0 Å². The molecule has 0 N–H and O–H groups in total. The van der Waals surface area contributed by atoms with Gasteiger partial charge in [0, 0.05) is 0 Å². The molecule has 0 saturated carbocycles. The van der Waals surface area contributed by atoms with Crippen molar-refractivity contribution in [1.82, 2.24) is 0 Å². The molecular formula is C8H8F8. The van der Waals surface area contributed by atoms with Gasteiger partial charge in [0.1, 0.15) is 0 Å². The van der Waals surface area contributed by atoms with Crippen molar-refractivity contribution in [2.75, 3.05) is 6.67 Å². The van der Waals surface area contributed by atoms with E-state index in [1.165, 1.54) is 0 Å². The van der Waals surface area contributed by atoms with E-state index in [0.717, 1.165) is 0 Å². The molecule has 0 fully saturated rings. The maximum atomic E-state index is 11.6. The zero-order valence-corrected chi connectivity index (χ0v) is 7.80. The van der Waals surface area contributed by atoms with E-state index in [1.54, 1.807) is 12.2 Å². The van der Waals surface area contributed by atoms with Gasteiger partial charge < -0.3 is 0 Å². The molecule has 96 valence electrons. The average molecular weight is 256 g/mol. The number of allylic oxidation sites excluding steroid dienone is 2. The lowest BCUT2D eigenvalue weighted by Crippen LogP contribution is -2.53. The third-order valence-corrected chi connectivity index (χ3v) is 1.15. The van der Waals surface area contributed by atoms with Gasteiger partial charge >= 0.3 is 18.0 Å². The van der Waals surface area contributed by atoms with Crippen molar-refractivity contribution in [3.8, 4) is 0 Å². The molecule has 0 bridgehead atoms. The first-order valence-corrected chi connectivity index (χ1v) is 3.59. The first-order chi connectivity index (χ1) is 6.97. The fourth-order valence-corrected chi connectivity index (χ4v) is 0.291. The molecule has 0 aromatic heterocycles. The molecule has 0 radical (unpaired) electrons. The van der Waals surface area contributed by atoms with Crippen molar-refractivity contribution in [2.45, 2.75) is 18.0 Å². The summed E-state index contributed by atoms with van der Waals surface area (Å²) in [5, 5.41) is 0. The SMILES string of the molecule is C=CC=C.FCC(F)(F)C(F)(F)C(F)(F)F. The molecule has 0 saturated heterocycles. The van der Waals surface area contributed by atoms with Crippen LogP contribution in [0, 0.1) is 0 Å². The molecule has 0 aliphatic rings. The van der Waals surface area contributed by atoms with E-state index >= 15 is 0 Å². The van der Waals surface area contributed by atoms with Crippen LogP contribution in [0.2, 0.25) is 0 Å². The summed E-state index contributed by atoms with van der Waals surface area (Å²) in [4.78, 5) is 0. The van der Waals surface area contributed by atoms with Crippen LogP contribution >= 0.6 is 0 Å². The van der Waals surface area contributed by atoms with Crippen molar-refractivity contribution in [2.24, 2.45) is 0 Å². The second kappa shape index (κ2) is 5.86. The minimum atomic E-state index is -6.44. The number of halogens is 8. The Balaban J connectivity index is 0. The maximum Gasteiger partial charge on any atom is 0.459 e.